The summed E-state index contributed by atoms with van der Waals surface area (Å²) in [5, 5.41) is 11.7. The van der Waals surface area contributed by atoms with Gasteiger partial charge in [-0.25, -0.2) is 14.6 Å². The monoisotopic (exact) mass is 385 g/mol. The quantitative estimate of drug-likeness (QED) is 0.785. The van der Waals surface area contributed by atoms with Gasteiger partial charge < -0.3 is 14.8 Å². The first-order valence-corrected chi connectivity index (χ1v) is 9.15. The second-order valence-electron chi connectivity index (χ2n) is 5.88. The molecule has 0 saturated carbocycles. The molecule has 0 radical (unpaired) electrons. The summed E-state index contributed by atoms with van der Waals surface area (Å²) in [6, 6.07) is 6.91. The summed E-state index contributed by atoms with van der Waals surface area (Å²) < 4.78 is 9.99. The molecule has 2 N–H and O–H groups in total. The number of fused-ring (bicyclic) bond motifs is 1. The average molecular weight is 385 g/mol. The summed E-state index contributed by atoms with van der Waals surface area (Å²) in [5.41, 5.74) is 3.19. The van der Waals surface area contributed by atoms with Crippen LogP contribution in [-0.4, -0.2) is 30.6 Å². The molecule has 1 aromatic carbocycles. The molecule has 1 atom stereocenters. The number of anilines is 1. The van der Waals surface area contributed by atoms with Crippen molar-refractivity contribution >= 4 is 28.3 Å². The number of nitrogens with zero attached hydrogens (tertiary/aromatic N) is 1. The first-order chi connectivity index (χ1) is 13.0. The van der Waals surface area contributed by atoms with Gasteiger partial charge in [-0.1, -0.05) is 23.5 Å². The van der Waals surface area contributed by atoms with Crippen molar-refractivity contribution in [2.75, 3.05) is 19.0 Å². The number of esters is 2. The predicted molar refractivity (Wildman–Crippen MR) is 101 cm³/mol. The molecule has 0 amide bonds. The topological polar surface area (TPSA) is 101 Å². The van der Waals surface area contributed by atoms with E-state index in [1.54, 1.807) is 37.4 Å². The van der Waals surface area contributed by atoms with Crippen molar-refractivity contribution in [3.63, 3.8) is 0 Å². The summed E-state index contributed by atoms with van der Waals surface area (Å²) in [4.78, 5) is 28.6. The standard InChI is InChI=1S/C19H19N3O4S/c1-4-26-18(24)14-10(2)22-16-13(9-21-19(20)27-16)15(14)11-5-7-12(8-6-11)17(23)25-3/h5-9,15,20,22H,4H2,1-3H3. The highest BCUT2D eigenvalue weighted by molar-refractivity contribution is 7.13. The van der Waals surface area contributed by atoms with Crippen molar-refractivity contribution in [2.24, 2.45) is 0 Å². The number of nitrogens with one attached hydrogen (secondary N) is 2. The fraction of sp³-hybridized carbons (Fsp3) is 0.263. The third kappa shape index (κ3) is 3.61. The fourth-order valence-electron chi connectivity index (χ4n) is 3.04. The van der Waals surface area contributed by atoms with Crippen LogP contribution in [0.4, 0.5) is 5.00 Å². The molecule has 2 heterocycles. The minimum atomic E-state index is -0.424. The fourth-order valence-corrected chi connectivity index (χ4v) is 3.83. The molecule has 1 unspecified atom stereocenters. The smallest absolute Gasteiger partial charge is 0.337 e. The lowest BCUT2D eigenvalue weighted by molar-refractivity contribution is -0.138. The second kappa shape index (κ2) is 7.71. The van der Waals surface area contributed by atoms with Crippen molar-refractivity contribution in [1.82, 2.24) is 4.98 Å². The number of carbonyl (C=O) groups excluding carboxylic acids is 2. The van der Waals surface area contributed by atoms with Crippen LogP contribution in [0, 0.1) is 5.41 Å². The first kappa shape index (κ1) is 18.8. The van der Waals surface area contributed by atoms with E-state index in [-0.39, 0.29) is 11.4 Å². The van der Waals surface area contributed by atoms with Gasteiger partial charge >= 0.3 is 11.9 Å². The Kier molecular flexibility index (Phi) is 5.36. The van der Waals surface area contributed by atoms with Gasteiger partial charge in [0.25, 0.3) is 0 Å². The van der Waals surface area contributed by atoms with E-state index in [2.05, 4.69) is 10.3 Å². The molecule has 0 spiro atoms. The molecule has 1 aliphatic heterocycles. The number of methoxy groups -OCH3 is 1. The Bertz CT molecular complexity index is 979. The van der Waals surface area contributed by atoms with E-state index >= 15 is 0 Å². The zero-order valence-electron chi connectivity index (χ0n) is 15.2. The maximum atomic E-state index is 12.6. The van der Waals surface area contributed by atoms with Crippen molar-refractivity contribution in [2.45, 2.75) is 19.8 Å². The van der Waals surface area contributed by atoms with Gasteiger partial charge in [0.05, 0.1) is 24.9 Å². The molecule has 0 saturated heterocycles. The van der Waals surface area contributed by atoms with Gasteiger partial charge in [0.15, 0.2) is 0 Å². The lowest BCUT2D eigenvalue weighted by Crippen LogP contribution is -2.25. The molecule has 7 nitrogen and oxygen atoms in total. The highest BCUT2D eigenvalue weighted by Gasteiger charge is 2.34. The summed E-state index contributed by atoms with van der Waals surface area (Å²) in [7, 11) is 1.33. The molecule has 2 aromatic rings. The molecule has 27 heavy (non-hydrogen) atoms. The van der Waals surface area contributed by atoms with Crippen molar-refractivity contribution in [1.29, 1.82) is 5.41 Å². The van der Waals surface area contributed by atoms with Gasteiger partial charge in [-0.2, -0.15) is 0 Å². The number of hydrogen-bond donors (Lipinski definition) is 2. The number of hydrogen-bond acceptors (Lipinski definition) is 8. The molecular formula is C19H19N3O4S. The highest BCUT2D eigenvalue weighted by Crippen LogP contribution is 2.42. The van der Waals surface area contributed by atoms with Gasteiger partial charge in [-0.15, -0.1) is 0 Å². The number of carbonyl (C=O) groups is 2. The van der Waals surface area contributed by atoms with Gasteiger partial charge in [-0.05, 0) is 31.5 Å². The van der Waals surface area contributed by atoms with E-state index in [1.165, 1.54) is 18.4 Å². The normalized spacial score (nSPS) is 15.6. The lowest BCUT2D eigenvalue weighted by atomic mass is 9.83. The van der Waals surface area contributed by atoms with Crippen LogP contribution in [-0.2, 0) is 14.3 Å². The highest BCUT2D eigenvalue weighted by atomic mass is 32.1. The van der Waals surface area contributed by atoms with Crippen LogP contribution in [0.2, 0.25) is 0 Å². The SMILES string of the molecule is CCOC(=O)C1=C(C)Nc2sc(=N)ncc2C1c1ccc(C(=O)OC)cc1. The summed E-state index contributed by atoms with van der Waals surface area (Å²) in [6.45, 7) is 3.83. The molecule has 1 aromatic heterocycles. The number of aromatic nitrogens is 1. The summed E-state index contributed by atoms with van der Waals surface area (Å²) in [6.07, 6.45) is 1.60. The maximum Gasteiger partial charge on any atom is 0.337 e. The molecule has 0 bridgehead atoms. The molecule has 1 aliphatic rings. The molecule has 140 valence electrons. The Balaban J connectivity index is 2.14. The van der Waals surface area contributed by atoms with Crippen molar-refractivity contribution < 1.29 is 19.1 Å². The molecular weight excluding hydrogens is 366 g/mol. The second-order valence-corrected chi connectivity index (χ2v) is 6.88. The molecule has 0 aliphatic carbocycles. The summed E-state index contributed by atoms with van der Waals surface area (Å²) in [5.74, 6) is -1.24. The van der Waals surface area contributed by atoms with Crippen LogP contribution >= 0.6 is 11.3 Å². The minimum Gasteiger partial charge on any atom is -0.465 e. The average Bonchev–Trinajstić information content (AvgIpc) is 2.66. The van der Waals surface area contributed by atoms with Crippen LogP contribution in [0.1, 0.15) is 41.3 Å². The Morgan fingerprint density at radius 1 is 1.26 bits per heavy atom. The van der Waals surface area contributed by atoms with Crippen LogP contribution < -0.4 is 10.1 Å². The van der Waals surface area contributed by atoms with E-state index in [0.29, 0.717) is 16.8 Å². The molecule has 8 heteroatoms. The van der Waals surface area contributed by atoms with E-state index in [1.807, 2.05) is 6.92 Å². The minimum absolute atomic E-state index is 0.174. The Hall–Kier alpha value is -3.00. The Morgan fingerprint density at radius 2 is 1.96 bits per heavy atom. The first-order valence-electron chi connectivity index (χ1n) is 8.34. The third-order valence-corrected chi connectivity index (χ3v) is 5.09. The number of ether oxygens (including phenoxy) is 2. The zero-order valence-corrected chi connectivity index (χ0v) is 16.0. The largest absolute Gasteiger partial charge is 0.465 e. The van der Waals surface area contributed by atoms with E-state index in [9.17, 15) is 9.59 Å². The van der Waals surface area contributed by atoms with E-state index < -0.39 is 17.9 Å². The van der Waals surface area contributed by atoms with Crippen LogP contribution in [0.3, 0.4) is 0 Å². The molecule has 0 fully saturated rings. The van der Waals surface area contributed by atoms with E-state index in [4.69, 9.17) is 14.9 Å². The number of benzene rings is 1. The van der Waals surface area contributed by atoms with Crippen LogP contribution in [0.5, 0.6) is 0 Å². The van der Waals surface area contributed by atoms with E-state index in [0.717, 1.165) is 16.1 Å². The van der Waals surface area contributed by atoms with Gasteiger partial charge in [-0.3, -0.25) is 5.41 Å². The predicted octanol–water partition coefficient (Wildman–Crippen LogP) is 2.80. The zero-order chi connectivity index (χ0) is 19.6. The number of rotatable bonds is 4. The van der Waals surface area contributed by atoms with Crippen LogP contribution in [0.15, 0.2) is 41.7 Å². The van der Waals surface area contributed by atoms with Crippen LogP contribution in [0.25, 0.3) is 0 Å². The maximum absolute atomic E-state index is 12.6. The Morgan fingerprint density at radius 3 is 2.59 bits per heavy atom. The van der Waals surface area contributed by atoms with Gasteiger partial charge in [0, 0.05) is 23.4 Å². The molecule has 3 rings (SSSR count). The van der Waals surface area contributed by atoms with Crippen molar-refractivity contribution in [3.8, 4) is 0 Å². The van der Waals surface area contributed by atoms with Crippen molar-refractivity contribution in [3.05, 3.63) is 63.2 Å². The lowest BCUT2D eigenvalue weighted by Gasteiger charge is -2.29. The summed E-state index contributed by atoms with van der Waals surface area (Å²) >= 11 is 1.20. The third-order valence-electron chi connectivity index (χ3n) is 4.25. The Labute approximate surface area is 160 Å². The van der Waals surface area contributed by atoms with Gasteiger partial charge in [0.1, 0.15) is 5.00 Å². The number of allylic oxidation sites excluding steroid dienone is 1. The van der Waals surface area contributed by atoms with Gasteiger partial charge in [0.2, 0.25) is 4.80 Å².